The first-order chi connectivity index (χ1) is 14.6. The fourth-order valence-corrected chi connectivity index (χ4v) is 3.99. The third-order valence-corrected chi connectivity index (χ3v) is 5.32. The molecule has 148 valence electrons. The van der Waals surface area contributed by atoms with Crippen LogP contribution in [-0.4, -0.2) is 21.2 Å². The van der Waals surface area contributed by atoms with Gasteiger partial charge < -0.3 is 18.6 Å². The summed E-state index contributed by atoms with van der Waals surface area (Å²) in [5.41, 5.74) is 3.48. The van der Waals surface area contributed by atoms with E-state index in [1.54, 1.807) is 17.8 Å². The molecule has 6 nitrogen and oxygen atoms in total. The van der Waals surface area contributed by atoms with Gasteiger partial charge in [-0.1, -0.05) is 30.3 Å². The number of fused-ring (bicyclic) bond motifs is 2. The van der Waals surface area contributed by atoms with Crippen LogP contribution in [0.5, 0.6) is 11.5 Å². The van der Waals surface area contributed by atoms with Crippen LogP contribution in [-0.2, 0) is 18.9 Å². The number of aromatic nitrogens is 2. The van der Waals surface area contributed by atoms with Gasteiger partial charge in [0.1, 0.15) is 12.0 Å². The van der Waals surface area contributed by atoms with Crippen molar-refractivity contribution in [2.45, 2.75) is 0 Å². The molecule has 0 amide bonds. The predicted octanol–water partition coefficient (Wildman–Crippen LogP) is 4.34. The smallest absolute Gasteiger partial charge is 0.242 e. The van der Waals surface area contributed by atoms with Crippen molar-refractivity contribution in [1.29, 1.82) is 0 Å². The van der Waals surface area contributed by atoms with E-state index in [0.717, 1.165) is 16.5 Å². The number of ketones is 1. The van der Waals surface area contributed by atoms with Crippen molar-refractivity contribution in [3.63, 3.8) is 0 Å². The first kappa shape index (κ1) is 18.0. The highest BCUT2D eigenvalue weighted by atomic mass is 16.6. The molecule has 0 radical (unpaired) electrons. The Morgan fingerprint density at radius 2 is 1.60 bits per heavy atom. The number of aryl methyl sites for hydroxylation is 2. The molecule has 2 aromatic carbocycles. The van der Waals surface area contributed by atoms with Crippen LogP contribution in [0.15, 0.2) is 67.2 Å². The average Bonchev–Trinajstić information content (AvgIpc) is 3.29. The molecule has 0 aliphatic carbocycles. The lowest BCUT2D eigenvalue weighted by Crippen LogP contribution is -2.08. The zero-order chi connectivity index (χ0) is 20.8. The van der Waals surface area contributed by atoms with Gasteiger partial charge in [0, 0.05) is 54.1 Å². The van der Waals surface area contributed by atoms with Crippen LogP contribution in [0.1, 0.15) is 16.1 Å². The molecule has 0 atom stereocenters. The number of ether oxygens (including phenoxy) is 2. The van der Waals surface area contributed by atoms with Gasteiger partial charge in [0.25, 0.3) is 0 Å². The van der Waals surface area contributed by atoms with E-state index in [4.69, 9.17) is 9.47 Å². The molecule has 0 saturated carbocycles. The molecule has 30 heavy (non-hydrogen) atoms. The minimum absolute atomic E-state index is 0.305. The molecule has 5 rings (SSSR count). The number of carbonyl (C=O) groups excluding carboxylic acids is 2. The molecule has 3 heterocycles. The van der Waals surface area contributed by atoms with E-state index >= 15 is 0 Å². The van der Waals surface area contributed by atoms with Crippen molar-refractivity contribution in [3.8, 4) is 22.6 Å². The Morgan fingerprint density at radius 1 is 0.900 bits per heavy atom. The summed E-state index contributed by atoms with van der Waals surface area (Å²) in [6.45, 7) is 0. The van der Waals surface area contributed by atoms with Gasteiger partial charge in [-0.25, -0.2) is 0 Å². The second kappa shape index (κ2) is 6.77. The number of hydrogen-bond donors (Lipinski definition) is 0. The predicted molar refractivity (Wildman–Crippen MR) is 113 cm³/mol. The van der Waals surface area contributed by atoms with Crippen molar-refractivity contribution in [2.75, 3.05) is 0 Å². The summed E-state index contributed by atoms with van der Waals surface area (Å²) in [6.07, 6.45) is 5.62. The molecule has 0 spiro atoms. The van der Waals surface area contributed by atoms with Crippen LogP contribution in [0.4, 0.5) is 0 Å². The largest absolute Gasteiger partial charge is 0.457 e. The van der Waals surface area contributed by atoms with E-state index in [2.05, 4.69) is 0 Å². The van der Waals surface area contributed by atoms with Gasteiger partial charge in [0.15, 0.2) is 23.5 Å². The van der Waals surface area contributed by atoms with Crippen molar-refractivity contribution in [2.24, 2.45) is 14.1 Å². The van der Waals surface area contributed by atoms with Crippen LogP contribution in [0.25, 0.3) is 27.8 Å². The summed E-state index contributed by atoms with van der Waals surface area (Å²) < 4.78 is 15.5. The van der Waals surface area contributed by atoms with E-state index in [-0.39, 0.29) is 0 Å². The highest BCUT2D eigenvalue weighted by molar-refractivity contribution is 6.35. The summed E-state index contributed by atoms with van der Waals surface area (Å²) in [5, 5.41) is 0.977. The lowest BCUT2D eigenvalue weighted by molar-refractivity contribution is -0.104. The van der Waals surface area contributed by atoms with Crippen LogP contribution < -0.4 is 9.47 Å². The summed E-state index contributed by atoms with van der Waals surface area (Å²) >= 11 is 0. The number of para-hydroxylation sites is 3. The molecule has 1 aliphatic heterocycles. The van der Waals surface area contributed by atoms with Crippen molar-refractivity contribution >= 4 is 28.7 Å². The van der Waals surface area contributed by atoms with E-state index in [1.807, 2.05) is 66.3 Å². The summed E-state index contributed by atoms with van der Waals surface area (Å²) in [5.74, 6) is 1.08. The number of hydrogen-bond acceptors (Lipinski definition) is 4. The fourth-order valence-electron chi connectivity index (χ4n) is 3.99. The number of benzene rings is 2. The maximum Gasteiger partial charge on any atom is 0.242 e. The average molecular weight is 398 g/mol. The van der Waals surface area contributed by atoms with Crippen molar-refractivity contribution in [3.05, 3.63) is 78.4 Å². The Bertz CT molecular complexity index is 1360. The van der Waals surface area contributed by atoms with E-state index in [0.29, 0.717) is 40.4 Å². The topological polar surface area (TPSA) is 62.5 Å². The molecule has 0 unspecified atom stereocenters. The monoisotopic (exact) mass is 398 g/mol. The van der Waals surface area contributed by atoms with Crippen LogP contribution in [0, 0.1) is 0 Å². The first-order valence-corrected chi connectivity index (χ1v) is 9.46. The molecular formula is C24H18N2O4. The van der Waals surface area contributed by atoms with Crippen LogP contribution >= 0.6 is 0 Å². The maximum atomic E-state index is 12.6. The highest BCUT2D eigenvalue weighted by Gasteiger charge is 2.28. The van der Waals surface area contributed by atoms with E-state index < -0.39 is 5.78 Å². The third kappa shape index (κ3) is 2.65. The maximum absolute atomic E-state index is 12.6. The third-order valence-electron chi connectivity index (χ3n) is 5.32. The number of Topliss-reactive ketones (excluding diaryl/α,β-unsaturated/α-hetero) is 1. The van der Waals surface area contributed by atoms with Gasteiger partial charge in [-0.2, -0.15) is 0 Å². The van der Waals surface area contributed by atoms with Gasteiger partial charge in [0.05, 0.1) is 0 Å². The second-order valence-electron chi connectivity index (χ2n) is 7.18. The van der Waals surface area contributed by atoms with Crippen molar-refractivity contribution in [1.82, 2.24) is 9.13 Å². The normalized spacial score (nSPS) is 12.7. The lowest BCUT2D eigenvalue weighted by Gasteiger charge is -2.18. The zero-order valence-electron chi connectivity index (χ0n) is 16.5. The van der Waals surface area contributed by atoms with E-state index in [1.165, 1.54) is 6.26 Å². The molecular weight excluding hydrogens is 380 g/mol. The van der Waals surface area contributed by atoms with Crippen molar-refractivity contribution < 1.29 is 19.1 Å². The Morgan fingerprint density at radius 3 is 2.40 bits per heavy atom. The van der Waals surface area contributed by atoms with Gasteiger partial charge >= 0.3 is 0 Å². The molecule has 6 heteroatoms. The Hall–Kier alpha value is -4.06. The van der Waals surface area contributed by atoms with Gasteiger partial charge in [0.2, 0.25) is 5.78 Å². The van der Waals surface area contributed by atoms with Crippen LogP contribution in [0.3, 0.4) is 0 Å². The molecule has 0 fully saturated rings. The fraction of sp³-hybridized carbons (Fsp3) is 0.0833. The molecule has 0 N–H and O–H groups in total. The molecule has 2 aromatic heterocycles. The molecule has 1 aliphatic rings. The number of rotatable bonds is 4. The quantitative estimate of drug-likeness (QED) is 0.292. The Labute approximate surface area is 172 Å². The molecule has 4 aromatic rings. The number of aldehydes is 1. The van der Waals surface area contributed by atoms with Crippen LogP contribution in [0.2, 0.25) is 0 Å². The van der Waals surface area contributed by atoms with Gasteiger partial charge in [-0.15, -0.1) is 0 Å². The standard InChI is InChI=1S/C24H18N2O4/c1-25-11-16(15-7-3-4-8-18(15)25)23-17(12-26(2)24(23)19(28)13-27)22-14-29-20-9-5-6-10-21(20)30-22/h3-14H,1-2H3. The molecule has 0 saturated heterocycles. The van der Waals surface area contributed by atoms with Gasteiger partial charge in [-0.05, 0) is 18.2 Å². The lowest BCUT2D eigenvalue weighted by atomic mass is 9.98. The summed E-state index contributed by atoms with van der Waals surface area (Å²) in [4.78, 5) is 24.0. The Balaban J connectivity index is 1.77. The summed E-state index contributed by atoms with van der Waals surface area (Å²) in [6, 6.07) is 15.3. The molecule has 0 bridgehead atoms. The zero-order valence-corrected chi connectivity index (χ0v) is 16.5. The SMILES string of the molecule is Cn1cc(C2=COc3ccccc3O2)c(-c2cn(C)c3ccccc23)c1C(=O)C=O. The van der Waals surface area contributed by atoms with E-state index in [9.17, 15) is 9.59 Å². The second-order valence-corrected chi connectivity index (χ2v) is 7.18. The van der Waals surface area contributed by atoms with Gasteiger partial charge in [-0.3, -0.25) is 9.59 Å². The highest BCUT2D eigenvalue weighted by Crippen LogP contribution is 2.42. The Kier molecular flexibility index (Phi) is 4.06. The minimum atomic E-state index is -0.593. The minimum Gasteiger partial charge on any atom is -0.457 e. The summed E-state index contributed by atoms with van der Waals surface area (Å²) in [7, 11) is 3.69. The first-order valence-electron chi connectivity index (χ1n) is 9.46. The number of nitrogens with zero attached hydrogens (tertiary/aromatic N) is 2. The number of carbonyl (C=O) groups is 2.